The van der Waals surface area contributed by atoms with Gasteiger partial charge in [-0.15, -0.1) is 0 Å². The number of hydrogen-bond donors (Lipinski definition) is 0. The Morgan fingerprint density at radius 3 is 2.48 bits per heavy atom. The molecule has 1 nitrogen and oxygen atoms in total. The van der Waals surface area contributed by atoms with Crippen molar-refractivity contribution >= 4 is 37.7 Å². The van der Waals surface area contributed by atoms with Crippen LogP contribution in [-0.4, -0.2) is 4.57 Å². The van der Waals surface area contributed by atoms with Crippen molar-refractivity contribution in [3.8, 4) is 5.69 Å². The molecule has 0 amide bonds. The van der Waals surface area contributed by atoms with Gasteiger partial charge in [0, 0.05) is 20.7 Å². The molecule has 0 atom stereocenters. The zero-order chi connectivity index (χ0) is 15.8. The largest absolute Gasteiger partial charge is 0.309 e. The van der Waals surface area contributed by atoms with Crippen molar-refractivity contribution in [3.05, 3.63) is 76.3 Å². The molecule has 2 heteroatoms. The maximum atomic E-state index is 3.65. The highest BCUT2D eigenvalue weighted by Gasteiger charge is 2.34. The van der Waals surface area contributed by atoms with Crippen LogP contribution in [-0.2, 0) is 5.41 Å². The summed E-state index contributed by atoms with van der Waals surface area (Å²) in [5.41, 5.74) is 6.69. The van der Waals surface area contributed by atoms with Crippen LogP contribution in [0, 0.1) is 0 Å². The molecule has 0 radical (unpaired) electrons. The summed E-state index contributed by atoms with van der Waals surface area (Å²) in [5.74, 6) is 0. The van der Waals surface area contributed by atoms with Crippen molar-refractivity contribution in [3.63, 3.8) is 0 Å². The molecule has 0 spiro atoms. The number of hydrogen-bond acceptors (Lipinski definition) is 0. The lowest BCUT2D eigenvalue weighted by Gasteiger charge is -2.34. The highest BCUT2D eigenvalue weighted by molar-refractivity contribution is 9.10. The lowest BCUT2D eigenvalue weighted by molar-refractivity contribution is 0.629. The van der Waals surface area contributed by atoms with E-state index in [1.54, 1.807) is 0 Å². The molecule has 1 aliphatic rings. The van der Waals surface area contributed by atoms with Crippen LogP contribution in [0.5, 0.6) is 0 Å². The van der Waals surface area contributed by atoms with Crippen molar-refractivity contribution in [1.29, 1.82) is 0 Å². The van der Waals surface area contributed by atoms with E-state index in [1.165, 1.54) is 38.6 Å². The van der Waals surface area contributed by atoms with E-state index in [4.69, 9.17) is 0 Å². The lowest BCUT2D eigenvalue weighted by atomic mass is 9.75. The van der Waals surface area contributed by atoms with Crippen LogP contribution < -0.4 is 0 Å². The molecule has 3 aromatic carbocycles. The van der Waals surface area contributed by atoms with E-state index in [2.05, 4.69) is 95.0 Å². The van der Waals surface area contributed by atoms with Crippen molar-refractivity contribution in [2.45, 2.75) is 19.3 Å². The van der Waals surface area contributed by atoms with Gasteiger partial charge in [0.25, 0.3) is 0 Å². The first-order valence-electron chi connectivity index (χ1n) is 7.92. The summed E-state index contributed by atoms with van der Waals surface area (Å²) in [5, 5.41) is 2.68. The van der Waals surface area contributed by atoms with Gasteiger partial charge >= 0.3 is 0 Å². The Morgan fingerprint density at radius 1 is 0.826 bits per heavy atom. The molecule has 0 aliphatic carbocycles. The quantitative estimate of drug-likeness (QED) is 0.352. The van der Waals surface area contributed by atoms with Gasteiger partial charge in [-0.2, -0.15) is 0 Å². The topological polar surface area (TPSA) is 4.93 Å². The minimum atomic E-state index is -0.0109. The second-order valence-electron chi connectivity index (χ2n) is 6.84. The summed E-state index contributed by atoms with van der Waals surface area (Å²) in [6.07, 6.45) is 0. The SMILES string of the molecule is CC1(C)c2cc(Br)ccc2-n2c3ccccc3c3cccc1c32. The average molecular weight is 362 g/mol. The molecule has 0 bridgehead atoms. The summed E-state index contributed by atoms with van der Waals surface area (Å²) < 4.78 is 3.57. The van der Waals surface area contributed by atoms with E-state index in [0.29, 0.717) is 0 Å². The second-order valence-corrected chi connectivity index (χ2v) is 7.76. The molecule has 0 N–H and O–H groups in total. The van der Waals surface area contributed by atoms with Crippen LogP contribution in [0.2, 0.25) is 0 Å². The predicted octanol–water partition coefficient (Wildman–Crippen LogP) is 6.19. The van der Waals surface area contributed by atoms with Crippen molar-refractivity contribution < 1.29 is 0 Å². The summed E-state index contributed by atoms with van der Waals surface area (Å²) in [6, 6.07) is 22.1. The second kappa shape index (κ2) is 4.27. The van der Waals surface area contributed by atoms with Gasteiger partial charge in [0.1, 0.15) is 0 Å². The van der Waals surface area contributed by atoms with Gasteiger partial charge in [-0.25, -0.2) is 0 Å². The first-order chi connectivity index (χ1) is 11.1. The summed E-state index contributed by atoms with van der Waals surface area (Å²) >= 11 is 3.65. The van der Waals surface area contributed by atoms with E-state index >= 15 is 0 Å². The van der Waals surface area contributed by atoms with Crippen LogP contribution in [0.4, 0.5) is 0 Å². The highest BCUT2D eigenvalue weighted by atomic mass is 79.9. The van der Waals surface area contributed by atoms with Crippen LogP contribution in [0.1, 0.15) is 25.0 Å². The minimum absolute atomic E-state index is 0.0109. The fourth-order valence-electron chi connectivity index (χ4n) is 4.12. The van der Waals surface area contributed by atoms with E-state index < -0.39 is 0 Å². The van der Waals surface area contributed by atoms with Crippen LogP contribution in [0.3, 0.4) is 0 Å². The van der Waals surface area contributed by atoms with E-state index in [9.17, 15) is 0 Å². The first kappa shape index (κ1) is 13.4. The van der Waals surface area contributed by atoms with Crippen LogP contribution in [0.25, 0.3) is 27.5 Å². The van der Waals surface area contributed by atoms with Gasteiger partial charge < -0.3 is 4.57 Å². The van der Waals surface area contributed by atoms with Crippen LogP contribution >= 0.6 is 15.9 Å². The molecule has 0 saturated heterocycles. The van der Waals surface area contributed by atoms with Crippen molar-refractivity contribution in [2.75, 3.05) is 0 Å². The van der Waals surface area contributed by atoms with Crippen molar-refractivity contribution in [1.82, 2.24) is 4.57 Å². The number of para-hydroxylation sites is 2. The molecule has 1 aromatic heterocycles. The number of fused-ring (bicyclic) bond motifs is 5. The molecule has 1 aliphatic heterocycles. The maximum absolute atomic E-state index is 3.65. The molecule has 0 unspecified atom stereocenters. The molecule has 0 fully saturated rings. The van der Waals surface area contributed by atoms with E-state index in [1.807, 2.05) is 0 Å². The Labute approximate surface area is 143 Å². The van der Waals surface area contributed by atoms with Gasteiger partial charge in [0.15, 0.2) is 0 Å². The first-order valence-corrected chi connectivity index (χ1v) is 8.71. The Kier molecular flexibility index (Phi) is 2.48. The minimum Gasteiger partial charge on any atom is -0.309 e. The van der Waals surface area contributed by atoms with Gasteiger partial charge in [0.2, 0.25) is 0 Å². The molecule has 5 rings (SSSR count). The third-order valence-corrected chi connectivity index (χ3v) is 5.73. The fourth-order valence-corrected chi connectivity index (χ4v) is 4.48. The van der Waals surface area contributed by atoms with Gasteiger partial charge in [0.05, 0.1) is 16.7 Å². The van der Waals surface area contributed by atoms with E-state index in [0.717, 1.165) is 4.47 Å². The third kappa shape index (κ3) is 1.57. The Hall–Kier alpha value is -2.06. The summed E-state index contributed by atoms with van der Waals surface area (Å²) in [6.45, 7) is 4.66. The predicted molar refractivity (Wildman–Crippen MR) is 101 cm³/mol. The zero-order valence-electron chi connectivity index (χ0n) is 13.1. The molecule has 0 saturated carbocycles. The number of rotatable bonds is 0. The fraction of sp³-hybridized carbons (Fsp3) is 0.143. The number of benzene rings is 3. The molecule has 4 aromatic rings. The smallest absolute Gasteiger partial charge is 0.0582 e. The third-order valence-electron chi connectivity index (χ3n) is 5.24. The standard InChI is InChI=1S/C21H16BrN/c1-21(2)16-8-5-7-15-14-6-3-4-9-18(14)23(20(15)16)19-11-10-13(22)12-17(19)21/h3-12H,1-2H3. The van der Waals surface area contributed by atoms with Crippen molar-refractivity contribution in [2.24, 2.45) is 0 Å². The lowest BCUT2D eigenvalue weighted by Crippen LogP contribution is -2.26. The van der Waals surface area contributed by atoms with E-state index in [-0.39, 0.29) is 5.41 Å². The number of halogens is 1. The molecular formula is C21H16BrN. The Balaban J connectivity index is 2.12. The maximum Gasteiger partial charge on any atom is 0.0582 e. The Bertz CT molecular complexity index is 1100. The summed E-state index contributed by atoms with van der Waals surface area (Å²) in [4.78, 5) is 0. The zero-order valence-corrected chi connectivity index (χ0v) is 14.7. The monoisotopic (exact) mass is 361 g/mol. The molecule has 112 valence electrons. The normalized spacial score (nSPS) is 15.1. The van der Waals surface area contributed by atoms with Gasteiger partial charge in [-0.05, 0) is 35.4 Å². The van der Waals surface area contributed by atoms with Gasteiger partial charge in [-0.1, -0.05) is 66.2 Å². The number of nitrogens with zero attached hydrogens (tertiary/aromatic N) is 1. The van der Waals surface area contributed by atoms with Crippen LogP contribution in [0.15, 0.2) is 65.1 Å². The average Bonchev–Trinajstić information content (AvgIpc) is 2.89. The molecule has 2 heterocycles. The van der Waals surface area contributed by atoms with Gasteiger partial charge in [-0.3, -0.25) is 0 Å². The Morgan fingerprint density at radius 2 is 1.61 bits per heavy atom. The summed E-state index contributed by atoms with van der Waals surface area (Å²) in [7, 11) is 0. The highest BCUT2D eigenvalue weighted by Crippen LogP contribution is 2.47. The molecular weight excluding hydrogens is 346 g/mol. The number of aromatic nitrogens is 1. The molecule has 23 heavy (non-hydrogen) atoms.